The Labute approximate surface area is 165 Å². The zero-order valence-electron chi connectivity index (χ0n) is 16.5. The van der Waals surface area contributed by atoms with Gasteiger partial charge in [-0.2, -0.15) is 0 Å². The van der Waals surface area contributed by atoms with E-state index in [1.807, 2.05) is 6.07 Å². The van der Waals surface area contributed by atoms with Crippen molar-refractivity contribution in [2.75, 3.05) is 0 Å². The van der Waals surface area contributed by atoms with Crippen molar-refractivity contribution >= 4 is 0 Å². The molecule has 5 aliphatic rings. The summed E-state index contributed by atoms with van der Waals surface area (Å²) in [6.45, 7) is 2.39. The van der Waals surface area contributed by atoms with Crippen molar-refractivity contribution in [3.05, 3.63) is 34.4 Å². The molecule has 28 heavy (non-hydrogen) atoms. The molecule has 5 fully saturated rings. The molecule has 4 aliphatic carbocycles. The van der Waals surface area contributed by atoms with Crippen LogP contribution in [0.4, 0.5) is 0 Å². The van der Waals surface area contributed by atoms with Crippen molar-refractivity contribution in [3.63, 3.8) is 0 Å². The van der Waals surface area contributed by atoms with Crippen LogP contribution in [0, 0.1) is 23.2 Å². The highest BCUT2D eigenvalue weighted by Crippen LogP contribution is 2.76. The number of hydrogen-bond acceptors (Lipinski definition) is 5. The predicted octanol–water partition coefficient (Wildman–Crippen LogP) is 2.98. The molecule has 0 amide bonds. The standard InChI is InChI=1S/C23H30O5/c1-21-8-6-15-16-4-3-14(24)11-22(16,26)9-7-17(15)23(21)19(28-23)10-18(21)13-2-5-20(25)27-12-13/h2,5,12,14-19,24,26H,3-4,6-11H2,1H3/t14-,15+,16+,17+,18+,19+,21+,22-,23+/m0/s1. The van der Waals surface area contributed by atoms with E-state index in [-0.39, 0.29) is 22.7 Å². The summed E-state index contributed by atoms with van der Waals surface area (Å²) in [6.07, 6.45) is 8.88. The van der Waals surface area contributed by atoms with E-state index in [0.717, 1.165) is 50.5 Å². The largest absolute Gasteiger partial charge is 0.431 e. The van der Waals surface area contributed by atoms with Crippen LogP contribution in [0.2, 0.25) is 0 Å². The minimum atomic E-state index is -0.686. The molecule has 1 aromatic heterocycles. The molecular weight excluding hydrogens is 356 g/mol. The van der Waals surface area contributed by atoms with Gasteiger partial charge in [0.1, 0.15) is 5.60 Å². The molecule has 0 bridgehead atoms. The summed E-state index contributed by atoms with van der Waals surface area (Å²) < 4.78 is 11.7. The summed E-state index contributed by atoms with van der Waals surface area (Å²) in [5, 5.41) is 21.4. The van der Waals surface area contributed by atoms with Crippen molar-refractivity contribution in [2.24, 2.45) is 23.2 Å². The molecule has 5 nitrogen and oxygen atoms in total. The monoisotopic (exact) mass is 386 g/mol. The number of ether oxygens (including phenoxy) is 1. The van der Waals surface area contributed by atoms with Crippen molar-refractivity contribution < 1.29 is 19.4 Å². The Morgan fingerprint density at radius 3 is 2.75 bits per heavy atom. The van der Waals surface area contributed by atoms with E-state index in [0.29, 0.717) is 36.2 Å². The van der Waals surface area contributed by atoms with Gasteiger partial charge in [-0.1, -0.05) is 6.92 Å². The van der Waals surface area contributed by atoms with Gasteiger partial charge in [0.05, 0.1) is 24.1 Å². The fourth-order valence-electron chi connectivity index (χ4n) is 8.37. The Bertz CT molecular complexity index is 844. The molecule has 1 aliphatic heterocycles. The molecule has 6 rings (SSSR count). The van der Waals surface area contributed by atoms with Gasteiger partial charge in [-0.05, 0) is 80.2 Å². The second-order valence-corrected chi connectivity index (χ2v) is 10.5. The van der Waals surface area contributed by atoms with Crippen molar-refractivity contribution in [1.29, 1.82) is 0 Å². The zero-order chi connectivity index (χ0) is 19.3. The lowest BCUT2D eigenvalue weighted by atomic mass is 9.47. The molecule has 2 heterocycles. The van der Waals surface area contributed by atoms with Crippen LogP contribution in [0.1, 0.15) is 69.8 Å². The molecule has 0 radical (unpaired) electrons. The topological polar surface area (TPSA) is 83.2 Å². The highest BCUT2D eigenvalue weighted by molar-refractivity contribution is 5.34. The number of rotatable bonds is 1. The van der Waals surface area contributed by atoms with Crippen LogP contribution >= 0.6 is 0 Å². The summed E-state index contributed by atoms with van der Waals surface area (Å²) in [4.78, 5) is 11.4. The third-order valence-electron chi connectivity index (χ3n) is 9.56. The van der Waals surface area contributed by atoms with Gasteiger partial charge in [0.2, 0.25) is 0 Å². The van der Waals surface area contributed by atoms with Crippen molar-refractivity contribution in [2.45, 2.75) is 87.6 Å². The number of fused-ring (bicyclic) bond motifs is 3. The van der Waals surface area contributed by atoms with Crippen LogP contribution in [-0.2, 0) is 4.74 Å². The molecule has 1 aromatic rings. The Morgan fingerprint density at radius 2 is 1.96 bits per heavy atom. The van der Waals surface area contributed by atoms with Crippen LogP contribution in [0.15, 0.2) is 27.6 Å². The number of epoxide rings is 1. The molecule has 9 atom stereocenters. The van der Waals surface area contributed by atoms with E-state index < -0.39 is 5.60 Å². The molecule has 5 heteroatoms. The van der Waals surface area contributed by atoms with E-state index >= 15 is 0 Å². The first kappa shape index (κ1) is 17.7. The molecule has 0 unspecified atom stereocenters. The first-order chi connectivity index (χ1) is 13.4. The van der Waals surface area contributed by atoms with Crippen LogP contribution in [-0.4, -0.2) is 33.6 Å². The van der Waals surface area contributed by atoms with Gasteiger partial charge in [-0.3, -0.25) is 0 Å². The van der Waals surface area contributed by atoms with E-state index in [4.69, 9.17) is 9.15 Å². The van der Waals surface area contributed by atoms with Crippen LogP contribution < -0.4 is 5.63 Å². The third kappa shape index (κ3) is 2.06. The summed E-state index contributed by atoms with van der Waals surface area (Å²) in [6, 6.07) is 3.48. The Morgan fingerprint density at radius 1 is 1.11 bits per heavy atom. The van der Waals surface area contributed by atoms with Gasteiger partial charge >= 0.3 is 5.63 Å². The maximum Gasteiger partial charge on any atom is 0.335 e. The van der Waals surface area contributed by atoms with Gasteiger partial charge in [-0.25, -0.2) is 4.79 Å². The first-order valence-electron chi connectivity index (χ1n) is 11.0. The first-order valence-corrected chi connectivity index (χ1v) is 11.0. The van der Waals surface area contributed by atoms with Gasteiger partial charge in [-0.15, -0.1) is 0 Å². The van der Waals surface area contributed by atoms with Gasteiger partial charge in [0.15, 0.2) is 0 Å². The van der Waals surface area contributed by atoms with Gasteiger partial charge in [0, 0.05) is 17.9 Å². The Hall–Kier alpha value is -1.17. The summed E-state index contributed by atoms with van der Waals surface area (Å²) in [7, 11) is 0. The molecule has 1 spiro atoms. The average molecular weight is 386 g/mol. The lowest BCUT2D eigenvalue weighted by Crippen LogP contribution is -2.60. The zero-order valence-corrected chi connectivity index (χ0v) is 16.5. The van der Waals surface area contributed by atoms with Crippen molar-refractivity contribution in [3.8, 4) is 0 Å². The maximum atomic E-state index is 11.4. The Kier molecular flexibility index (Phi) is 3.47. The molecular formula is C23H30O5. The summed E-state index contributed by atoms with van der Waals surface area (Å²) >= 11 is 0. The smallest absolute Gasteiger partial charge is 0.335 e. The van der Waals surface area contributed by atoms with Crippen molar-refractivity contribution in [1.82, 2.24) is 0 Å². The number of hydrogen-bond donors (Lipinski definition) is 2. The number of aliphatic hydroxyl groups excluding tert-OH is 1. The lowest BCUT2D eigenvalue weighted by molar-refractivity contribution is -0.175. The van der Waals surface area contributed by atoms with Crippen LogP contribution in [0.3, 0.4) is 0 Å². The van der Waals surface area contributed by atoms with Crippen LogP contribution in [0.5, 0.6) is 0 Å². The third-order valence-corrected chi connectivity index (χ3v) is 9.56. The second-order valence-electron chi connectivity index (χ2n) is 10.5. The summed E-state index contributed by atoms with van der Waals surface area (Å²) in [5.41, 5.74) is 0.131. The molecule has 0 aromatic carbocycles. The van der Waals surface area contributed by atoms with E-state index in [2.05, 4.69) is 6.92 Å². The quantitative estimate of drug-likeness (QED) is 0.725. The second kappa shape index (κ2) is 5.50. The number of aliphatic hydroxyl groups is 2. The molecule has 2 N–H and O–H groups in total. The van der Waals surface area contributed by atoms with Gasteiger partial charge in [0.25, 0.3) is 0 Å². The predicted molar refractivity (Wildman–Crippen MR) is 102 cm³/mol. The van der Waals surface area contributed by atoms with Gasteiger partial charge < -0.3 is 19.4 Å². The molecule has 4 saturated carbocycles. The van der Waals surface area contributed by atoms with E-state index in [1.54, 1.807) is 6.26 Å². The van der Waals surface area contributed by atoms with E-state index in [9.17, 15) is 15.0 Å². The highest BCUT2D eigenvalue weighted by atomic mass is 16.6. The molecule has 152 valence electrons. The fourth-order valence-corrected chi connectivity index (χ4v) is 8.37. The normalized spacial score (nSPS) is 54.2. The minimum Gasteiger partial charge on any atom is -0.431 e. The average Bonchev–Trinajstić information content (AvgIpc) is 3.32. The maximum absolute atomic E-state index is 11.4. The Balaban J connectivity index is 1.34. The highest BCUT2D eigenvalue weighted by Gasteiger charge is 2.80. The van der Waals surface area contributed by atoms with Crippen LogP contribution in [0.25, 0.3) is 0 Å². The fraction of sp³-hybridized carbons (Fsp3) is 0.783. The molecule has 1 saturated heterocycles. The van der Waals surface area contributed by atoms with E-state index in [1.165, 1.54) is 6.07 Å². The lowest BCUT2D eigenvalue weighted by Gasteiger charge is -2.58. The summed E-state index contributed by atoms with van der Waals surface area (Å²) in [5.74, 6) is 1.66. The minimum absolute atomic E-state index is 0.0579. The SMILES string of the molecule is C[C@]12CC[C@@H]3[C@H]4CC[C@H](O)C[C@@]4(O)CC[C@H]3[C@]13O[C@@H]3C[C@@H]2c1ccc(=O)oc1.